The molecule has 0 aliphatic carbocycles. The second kappa shape index (κ2) is 5.05. The molecule has 1 aromatic carbocycles. The number of hydrogen-bond donors (Lipinski definition) is 1. The normalized spacial score (nSPS) is 14.9. The van der Waals surface area contributed by atoms with Gasteiger partial charge in [-0.15, -0.1) is 18.2 Å². The Balaban J connectivity index is 2.54. The zero-order valence-corrected chi connectivity index (χ0v) is 8.11. The van der Waals surface area contributed by atoms with Crippen LogP contribution in [0.5, 0.6) is 0 Å². The van der Waals surface area contributed by atoms with E-state index in [0.29, 0.717) is 6.42 Å². The molecule has 70 valence electrons. The van der Waals surface area contributed by atoms with Crippen molar-refractivity contribution in [2.45, 2.75) is 17.9 Å². The van der Waals surface area contributed by atoms with Gasteiger partial charge in [-0.2, -0.15) is 0 Å². The molecule has 0 amide bonds. The summed E-state index contributed by atoms with van der Waals surface area (Å²) < 4.78 is 0. The van der Waals surface area contributed by atoms with Crippen LogP contribution in [-0.4, -0.2) is 16.6 Å². The van der Waals surface area contributed by atoms with Crippen LogP contribution in [0.15, 0.2) is 43.0 Å². The Kier molecular flexibility index (Phi) is 4.00. The van der Waals surface area contributed by atoms with E-state index in [1.807, 2.05) is 30.3 Å². The Morgan fingerprint density at radius 2 is 2.00 bits per heavy atom. The molecule has 0 aromatic heterocycles. The van der Waals surface area contributed by atoms with Gasteiger partial charge >= 0.3 is 0 Å². The average molecular weight is 197 g/mol. The van der Waals surface area contributed by atoms with Gasteiger partial charge in [0.1, 0.15) is 0 Å². The van der Waals surface area contributed by atoms with Crippen molar-refractivity contribution in [3.63, 3.8) is 0 Å². The first kappa shape index (κ1) is 10.3. The zero-order chi connectivity index (χ0) is 9.68. The van der Waals surface area contributed by atoms with Crippen LogP contribution >= 0.6 is 11.6 Å². The summed E-state index contributed by atoms with van der Waals surface area (Å²) >= 11 is 5.80. The molecule has 0 saturated carbocycles. The second-order valence-corrected chi connectivity index (χ2v) is 3.44. The van der Waals surface area contributed by atoms with Crippen molar-refractivity contribution in [2.24, 2.45) is 0 Å². The highest BCUT2D eigenvalue weighted by Gasteiger charge is 2.12. The van der Waals surface area contributed by atoms with Crippen molar-refractivity contribution < 1.29 is 5.11 Å². The molecule has 0 aliphatic rings. The maximum atomic E-state index is 9.57. The molecule has 13 heavy (non-hydrogen) atoms. The molecule has 0 radical (unpaired) electrons. The van der Waals surface area contributed by atoms with Gasteiger partial charge in [-0.3, -0.25) is 0 Å². The summed E-state index contributed by atoms with van der Waals surface area (Å²) in [5.41, 5.74) is 1.09. The maximum absolute atomic E-state index is 9.57. The molecule has 0 aliphatic heterocycles. The largest absolute Gasteiger partial charge is 0.391 e. The summed E-state index contributed by atoms with van der Waals surface area (Å²) in [6.07, 6.45) is 1.57. The number of rotatable bonds is 4. The number of hydrogen-bond acceptors (Lipinski definition) is 1. The first-order chi connectivity index (χ1) is 6.24. The molecule has 0 heterocycles. The third-order valence-electron chi connectivity index (χ3n) is 1.88. The van der Waals surface area contributed by atoms with Crippen LogP contribution in [0.2, 0.25) is 0 Å². The number of aliphatic hydroxyl groups is 1. The molecule has 2 atom stereocenters. The lowest BCUT2D eigenvalue weighted by molar-refractivity contribution is 0.181. The molecule has 2 heteroatoms. The third-order valence-corrected chi connectivity index (χ3v) is 2.35. The minimum absolute atomic E-state index is 0.375. The van der Waals surface area contributed by atoms with E-state index in [1.165, 1.54) is 0 Å². The lowest BCUT2D eigenvalue weighted by Gasteiger charge is -2.12. The Hall–Kier alpha value is -0.790. The van der Waals surface area contributed by atoms with Crippen LogP contribution in [0.4, 0.5) is 0 Å². The fourth-order valence-electron chi connectivity index (χ4n) is 1.13. The van der Waals surface area contributed by atoms with Gasteiger partial charge in [-0.05, 0) is 5.56 Å². The van der Waals surface area contributed by atoms with Crippen LogP contribution in [0.1, 0.15) is 5.56 Å². The summed E-state index contributed by atoms with van der Waals surface area (Å²) in [5.74, 6) is 0. The van der Waals surface area contributed by atoms with Crippen molar-refractivity contribution >= 4 is 11.6 Å². The second-order valence-electron chi connectivity index (χ2n) is 2.94. The van der Waals surface area contributed by atoms with E-state index in [2.05, 4.69) is 6.58 Å². The standard InChI is InChI=1S/C11H13ClO/c1-2-10(12)11(13)8-9-6-4-3-5-7-9/h2-7,10-11,13H,1,8H2/t10-,11-/m0/s1. The van der Waals surface area contributed by atoms with Gasteiger partial charge < -0.3 is 5.11 Å². The summed E-state index contributed by atoms with van der Waals surface area (Å²) in [4.78, 5) is 0. The van der Waals surface area contributed by atoms with Crippen molar-refractivity contribution in [2.75, 3.05) is 0 Å². The molecule has 1 rings (SSSR count). The smallest absolute Gasteiger partial charge is 0.0779 e. The summed E-state index contributed by atoms with van der Waals surface area (Å²) in [6, 6.07) is 9.77. The van der Waals surface area contributed by atoms with Crippen LogP contribution in [0.3, 0.4) is 0 Å². The molecule has 0 unspecified atom stereocenters. The van der Waals surface area contributed by atoms with E-state index in [0.717, 1.165) is 5.56 Å². The van der Waals surface area contributed by atoms with E-state index in [-0.39, 0.29) is 5.38 Å². The molecule has 0 bridgehead atoms. The molecule has 0 saturated heterocycles. The average Bonchev–Trinajstić information content (AvgIpc) is 2.18. The van der Waals surface area contributed by atoms with Gasteiger partial charge in [0.25, 0.3) is 0 Å². The maximum Gasteiger partial charge on any atom is 0.0779 e. The summed E-state index contributed by atoms with van der Waals surface area (Å²) in [6.45, 7) is 3.53. The zero-order valence-electron chi connectivity index (χ0n) is 7.36. The minimum Gasteiger partial charge on any atom is -0.391 e. The van der Waals surface area contributed by atoms with E-state index in [4.69, 9.17) is 11.6 Å². The fourth-order valence-corrected chi connectivity index (χ4v) is 1.21. The number of halogens is 1. The fraction of sp³-hybridized carbons (Fsp3) is 0.273. The third kappa shape index (κ3) is 3.21. The predicted octanol–water partition coefficient (Wildman–Crippen LogP) is 2.38. The highest BCUT2D eigenvalue weighted by molar-refractivity contribution is 6.22. The highest BCUT2D eigenvalue weighted by Crippen LogP contribution is 2.10. The van der Waals surface area contributed by atoms with Crippen molar-refractivity contribution in [3.05, 3.63) is 48.6 Å². The summed E-state index contributed by atoms with van der Waals surface area (Å²) in [5, 5.41) is 9.19. The Labute approximate surface area is 83.7 Å². The van der Waals surface area contributed by atoms with Gasteiger partial charge in [-0.1, -0.05) is 36.4 Å². The molecular weight excluding hydrogens is 184 g/mol. The summed E-state index contributed by atoms with van der Waals surface area (Å²) in [7, 11) is 0. The number of aliphatic hydroxyl groups excluding tert-OH is 1. The first-order valence-corrected chi connectivity index (χ1v) is 4.66. The van der Waals surface area contributed by atoms with Crippen LogP contribution in [-0.2, 0) is 6.42 Å². The van der Waals surface area contributed by atoms with Crippen molar-refractivity contribution in [1.29, 1.82) is 0 Å². The van der Waals surface area contributed by atoms with Gasteiger partial charge in [0.15, 0.2) is 0 Å². The monoisotopic (exact) mass is 196 g/mol. The van der Waals surface area contributed by atoms with Gasteiger partial charge in [0.2, 0.25) is 0 Å². The van der Waals surface area contributed by atoms with E-state index in [9.17, 15) is 5.11 Å². The van der Waals surface area contributed by atoms with Gasteiger partial charge in [0.05, 0.1) is 11.5 Å². The minimum atomic E-state index is -0.554. The van der Waals surface area contributed by atoms with Crippen LogP contribution in [0, 0.1) is 0 Å². The van der Waals surface area contributed by atoms with E-state index in [1.54, 1.807) is 6.08 Å². The SMILES string of the molecule is C=C[C@H](Cl)[C@@H](O)Cc1ccccc1. The molecule has 1 nitrogen and oxygen atoms in total. The highest BCUT2D eigenvalue weighted by atomic mass is 35.5. The van der Waals surface area contributed by atoms with Crippen LogP contribution in [0.25, 0.3) is 0 Å². The Morgan fingerprint density at radius 3 is 2.54 bits per heavy atom. The van der Waals surface area contributed by atoms with Gasteiger partial charge in [0, 0.05) is 6.42 Å². The lowest BCUT2D eigenvalue weighted by atomic mass is 10.1. The first-order valence-electron chi connectivity index (χ1n) is 4.22. The van der Waals surface area contributed by atoms with E-state index < -0.39 is 6.10 Å². The lowest BCUT2D eigenvalue weighted by Crippen LogP contribution is -2.21. The van der Waals surface area contributed by atoms with Crippen molar-refractivity contribution in [1.82, 2.24) is 0 Å². The molecule has 1 aromatic rings. The van der Waals surface area contributed by atoms with Crippen molar-refractivity contribution in [3.8, 4) is 0 Å². The molecule has 1 N–H and O–H groups in total. The van der Waals surface area contributed by atoms with Crippen LogP contribution < -0.4 is 0 Å². The molecule has 0 fully saturated rings. The quantitative estimate of drug-likeness (QED) is 0.579. The predicted molar refractivity (Wildman–Crippen MR) is 56.0 cm³/mol. The topological polar surface area (TPSA) is 20.2 Å². The van der Waals surface area contributed by atoms with E-state index >= 15 is 0 Å². The number of alkyl halides is 1. The molecular formula is C11H13ClO. The Morgan fingerprint density at radius 1 is 1.38 bits per heavy atom. The van der Waals surface area contributed by atoms with Gasteiger partial charge in [-0.25, -0.2) is 0 Å². The Bertz CT molecular complexity index is 258. The number of benzene rings is 1. The molecule has 0 spiro atoms.